The second-order valence-electron chi connectivity index (χ2n) is 3.74. The number of nitrogens with two attached hydrogens (primary N) is 1. The monoisotopic (exact) mass is 203 g/mol. The predicted molar refractivity (Wildman–Crippen MR) is 58.4 cm³/mol. The molecule has 0 aromatic heterocycles. The number of aliphatic carboxylic acids is 1. The largest absolute Gasteiger partial charge is 0.480 e. The standard InChI is InChI=1S/C12H13NO2/c13-11(12(14)15)7-9-6-5-8-3-1-2-4-10(8)9/h1-4,6,11H,5,7,13H2,(H,14,15)/t11-/m0/s1. The van der Waals surface area contributed by atoms with Gasteiger partial charge in [-0.25, -0.2) is 0 Å². The summed E-state index contributed by atoms with van der Waals surface area (Å²) in [4.78, 5) is 10.6. The third-order valence-electron chi connectivity index (χ3n) is 2.69. The fraction of sp³-hybridized carbons (Fsp3) is 0.250. The van der Waals surface area contributed by atoms with Gasteiger partial charge in [-0.15, -0.1) is 0 Å². The molecule has 0 saturated carbocycles. The van der Waals surface area contributed by atoms with Crippen molar-refractivity contribution >= 4 is 11.5 Å². The minimum absolute atomic E-state index is 0.409. The van der Waals surface area contributed by atoms with Crippen LogP contribution >= 0.6 is 0 Å². The van der Waals surface area contributed by atoms with Gasteiger partial charge >= 0.3 is 5.97 Å². The van der Waals surface area contributed by atoms with E-state index in [1.807, 2.05) is 18.2 Å². The normalized spacial score (nSPS) is 15.7. The van der Waals surface area contributed by atoms with E-state index < -0.39 is 12.0 Å². The van der Waals surface area contributed by atoms with Gasteiger partial charge in [0.1, 0.15) is 6.04 Å². The molecule has 78 valence electrons. The number of carbonyl (C=O) groups is 1. The van der Waals surface area contributed by atoms with Crippen molar-refractivity contribution < 1.29 is 9.90 Å². The Balaban J connectivity index is 2.17. The minimum Gasteiger partial charge on any atom is -0.480 e. The van der Waals surface area contributed by atoms with Crippen molar-refractivity contribution in [1.82, 2.24) is 0 Å². The SMILES string of the molecule is N[C@@H](CC1=CCc2ccccc21)C(=O)O. The van der Waals surface area contributed by atoms with Crippen LogP contribution in [0.25, 0.3) is 5.57 Å². The van der Waals surface area contributed by atoms with Gasteiger partial charge in [-0.1, -0.05) is 30.3 Å². The molecule has 0 heterocycles. The van der Waals surface area contributed by atoms with Gasteiger partial charge < -0.3 is 10.8 Å². The van der Waals surface area contributed by atoms with Crippen LogP contribution in [0.3, 0.4) is 0 Å². The highest BCUT2D eigenvalue weighted by atomic mass is 16.4. The Labute approximate surface area is 88.2 Å². The second-order valence-corrected chi connectivity index (χ2v) is 3.74. The third-order valence-corrected chi connectivity index (χ3v) is 2.69. The molecule has 15 heavy (non-hydrogen) atoms. The molecular formula is C12H13NO2. The molecule has 3 heteroatoms. The number of rotatable bonds is 3. The Morgan fingerprint density at radius 2 is 2.20 bits per heavy atom. The lowest BCUT2D eigenvalue weighted by molar-refractivity contribution is -0.138. The molecule has 0 unspecified atom stereocenters. The van der Waals surface area contributed by atoms with Gasteiger partial charge in [0.05, 0.1) is 0 Å². The van der Waals surface area contributed by atoms with Crippen molar-refractivity contribution in [3.8, 4) is 0 Å². The average molecular weight is 203 g/mol. The Morgan fingerprint density at radius 1 is 1.47 bits per heavy atom. The van der Waals surface area contributed by atoms with Crippen molar-refractivity contribution in [3.05, 3.63) is 41.5 Å². The Bertz CT molecular complexity index is 423. The van der Waals surface area contributed by atoms with Gasteiger partial charge in [-0.2, -0.15) is 0 Å². The van der Waals surface area contributed by atoms with Crippen LogP contribution in [0.2, 0.25) is 0 Å². The maximum atomic E-state index is 10.6. The molecule has 2 rings (SSSR count). The molecule has 1 aliphatic rings. The highest BCUT2D eigenvalue weighted by Crippen LogP contribution is 2.29. The smallest absolute Gasteiger partial charge is 0.320 e. The van der Waals surface area contributed by atoms with Crippen molar-refractivity contribution in [2.75, 3.05) is 0 Å². The first-order valence-corrected chi connectivity index (χ1v) is 4.94. The van der Waals surface area contributed by atoms with E-state index in [1.165, 1.54) is 5.56 Å². The summed E-state index contributed by atoms with van der Waals surface area (Å²) in [6.07, 6.45) is 3.36. The number of hydrogen-bond donors (Lipinski definition) is 2. The molecule has 0 radical (unpaired) electrons. The van der Waals surface area contributed by atoms with E-state index in [-0.39, 0.29) is 0 Å². The summed E-state index contributed by atoms with van der Waals surface area (Å²) >= 11 is 0. The molecule has 3 N–H and O–H groups in total. The lowest BCUT2D eigenvalue weighted by Gasteiger charge is -2.08. The first-order chi connectivity index (χ1) is 7.18. The summed E-state index contributed by atoms with van der Waals surface area (Å²) in [5.74, 6) is -0.944. The Hall–Kier alpha value is -1.61. The van der Waals surface area contributed by atoms with Gasteiger partial charge in [0.2, 0.25) is 0 Å². The van der Waals surface area contributed by atoms with E-state index in [0.29, 0.717) is 6.42 Å². The zero-order valence-corrected chi connectivity index (χ0v) is 8.31. The van der Waals surface area contributed by atoms with Crippen LogP contribution in [0, 0.1) is 0 Å². The number of benzene rings is 1. The molecule has 1 aromatic rings. The van der Waals surface area contributed by atoms with Crippen molar-refractivity contribution in [2.24, 2.45) is 5.73 Å². The highest BCUT2D eigenvalue weighted by Gasteiger charge is 2.19. The van der Waals surface area contributed by atoms with Crippen LogP contribution in [-0.2, 0) is 11.2 Å². The first kappa shape index (κ1) is 9.93. The summed E-state index contributed by atoms with van der Waals surface area (Å²) in [7, 11) is 0. The quantitative estimate of drug-likeness (QED) is 0.781. The lowest BCUT2D eigenvalue weighted by Crippen LogP contribution is -2.30. The summed E-state index contributed by atoms with van der Waals surface area (Å²) in [6.45, 7) is 0. The average Bonchev–Trinajstić information content (AvgIpc) is 2.62. The van der Waals surface area contributed by atoms with Gasteiger partial charge in [0, 0.05) is 0 Å². The summed E-state index contributed by atoms with van der Waals surface area (Å²) < 4.78 is 0. The molecule has 0 aliphatic heterocycles. The molecule has 1 aromatic carbocycles. The molecule has 0 amide bonds. The molecular weight excluding hydrogens is 190 g/mol. The third kappa shape index (κ3) is 1.92. The van der Waals surface area contributed by atoms with E-state index in [2.05, 4.69) is 12.1 Å². The number of fused-ring (bicyclic) bond motifs is 1. The minimum atomic E-state index is -0.944. The molecule has 0 saturated heterocycles. The van der Waals surface area contributed by atoms with Gasteiger partial charge in [0.15, 0.2) is 0 Å². The van der Waals surface area contributed by atoms with E-state index in [0.717, 1.165) is 17.6 Å². The van der Waals surface area contributed by atoms with Crippen LogP contribution in [0.4, 0.5) is 0 Å². The molecule has 1 aliphatic carbocycles. The topological polar surface area (TPSA) is 63.3 Å². The summed E-state index contributed by atoms with van der Waals surface area (Å²) in [5.41, 5.74) is 8.97. The molecule has 0 bridgehead atoms. The molecule has 3 nitrogen and oxygen atoms in total. The zero-order chi connectivity index (χ0) is 10.8. The van der Waals surface area contributed by atoms with Crippen LogP contribution < -0.4 is 5.73 Å². The van der Waals surface area contributed by atoms with Gasteiger partial charge in [-0.05, 0) is 29.5 Å². The summed E-state index contributed by atoms with van der Waals surface area (Å²) in [6, 6.07) is 7.23. The van der Waals surface area contributed by atoms with Crippen molar-refractivity contribution in [1.29, 1.82) is 0 Å². The predicted octanol–water partition coefficient (Wildman–Crippen LogP) is 1.43. The van der Waals surface area contributed by atoms with Crippen LogP contribution in [0.1, 0.15) is 17.5 Å². The van der Waals surface area contributed by atoms with E-state index in [1.54, 1.807) is 0 Å². The number of carboxylic acid groups (broad SMARTS) is 1. The number of carboxylic acids is 1. The van der Waals surface area contributed by atoms with Crippen LogP contribution in [0.5, 0.6) is 0 Å². The maximum absolute atomic E-state index is 10.6. The van der Waals surface area contributed by atoms with Gasteiger partial charge in [0.25, 0.3) is 0 Å². The lowest BCUT2D eigenvalue weighted by atomic mass is 10.0. The van der Waals surface area contributed by atoms with E-state index >= 15 is 0 Å². The van der Waals surface area contributed by atoms with E-state index in [4.69, 9.17) is 10.8 Å². The van der Waals surface area contributed by atoms with E-state index in [9.17, 15) is 4.79 Å². The fourth-order valence-electron chi connectivity index (χ4n) is 1.87. The molecule has 1 atom stereocenters. The molecule has 0 spiro atoms. The second kappa shape index (κ2) is 3.87. The number of allylic oxidation sites excluding steroid dienone is 1. The van der Waals surface area contributed by atoms with Gasteiger partial charge in [-0.3, -0.25) is 4.79 Å². The number of hydrogen-bond acceptors (Lipinski definition) is 2. The van der Waals surface area contributed by atoms with Crippen LogP contribution in [0.15, 0.2) is 30.3 Å². The maximum Gasteiger partial charge on any atom is 0.320 e. The Morgan fingerprint density at radius 3 is 2.93 bits per heavy atom. The Kier molecular flexibility index (Phi) is 2.56. The molecule has 0 fully saturated rings. The van der Waals surface area contributed by atoms with Crippen molar-refractivity contribution in [2.45, 2.75) is 18.9 Å². The van der Waals surface area contributed by atoms with Crippen molar-refractivity contribution in [3.63, 3.8) is 0 Å². The summed E-state index contributed by atoms with van der Waals surface area (Å²) in [5, 5.41) is 8.74. The fourth-order valence-corrected chi connectivity index (χ4v) is 1.87. The highest BCUT2D eigenvalue weighted by molar-refractivity contribution is 5.80. The van der Waals surface area contributed by atoms with Crippen LogP contribution in [-0.4, -0.2) is 17.1 Å². The zero-order valence-electron chi connectivity index (χ0n) is 8.31. The first-order valence-electron chi connectivity index (χ1n) is 4.94.